The van der Waals surface area contributed by atoms with Gasteiger partial charge in [0.25, 0.3) is 0 Å². The monoisotopic (exact) mass is 278 g/mol. The molecule has 0 aromatic heterocycles. The number of anilines is 1. The molecule has 100 valence electrons. The minimum Gasteiger partial charge on any atom is -0.433 e. The lowest BCUT2D eigenvalue weighted by atomic mass is 10.2. The number of hydrogen-bond donors (Lipinski definition) is 1. The van der Waals surface area contributed by atoms with Gasteiger partial charge < -0.3 is 10.1 Å². The van der Waals surface area contributed by atoms with Crippen molar-refractivity contribution >= 4 is 5.69 Å². The molecule has 1 aromatic carbocycles. The Labute approximate surface area is 111 Å². The van der Waals surface area contributed by atoms with E-state index in [2.05, 4.69) is 10.1 Å². The van der Waals surface area contributed by atoms with Gasteiger partial charge in [0.2, 0.25) is 0 Å². The van der Waals surface area contributed by atoms with Crippen molar-refractivity contribution < 1.29 is 17.9 Å². The summed E-state index contributed by atoms with van der Waals surface area (Å²) in [6.07, 6.45) is 0. The molecule has 0 saturated carbocycles. The van der Waals surface area contributed by atoms with Crippen molar-refractivity contribution in [3.05, 3.63) is 35.3 Å². The zero-order valence-electron chi connectivity index (χ0n) is 9.69. The molecule has 1 aromatic rings. The third-order valence-electron chi connectivity index (χ3n) is 2.00. The van der Waals surface area contributed by atoms with Crippen molar-refractivity contribution in [2.24, 2.45) is 0 Å². The lowest BCUT2D eigenvalue weighted by Crippen LogP contribution is -2.07. The average molecular weight is 278 g/mol. The van der Waals surface area contributed by atoms with Gasteiger partial charge in [-0.25, -0.2) is 4.39 Å². The van der Waals surface area contributed by atoms with E-state index in [9.17, 15) is 13.2 Å². The van der Waals surface area contributed by atoms with Crippen molar-refractivity contribution in [3.63, 3.8) is 0 Å². The van der Waals surface area contributed by atoms with Gasteiger partial charge in [-0.15, -0.1) is 0 Å². The fourth-order valence-corrected chi connectivity index (χ4v) is 1.22. The first kappa shape index (κ1) is 14.9. The molecule has 8 heteroatoms. The zero-order chi connectivity index (χ0) is 15.1. The van der Waals surface area contributed by atoms with E-state index in [1.54, 1.807) is 0 Å². The van der Waals surface area contributed by atoms with Crippen LogP contribution in [0.15, 0.2) is 29.5 Å². The Bertz CT molecular complexity index is 649. The summed E-state index contributed by atoms with van der Waals surface area (Å²) >= 11 is 0. The number of hydrogen-bond acceptors (Lipinski definition) is 5. The van der Waals surface area contributed by atoms with E-state index in [-0.39, 0.29) is 5.69 Å². The summed E-state index contributed by atoms with van der Waals surface area (Å²) in [7, 11) is 0. The van der Waals surface area contributed by atoms with Crippen LogP contribution in [-0.4, -0.2) is 6.61 Å². The lowest BCUT2D eigenvalue weighted by molar-refractivity contribution is -0.0493. The van der Waals surface area contributed by atoms with E-state index < -0.39 is 29.4 Å². The Hall–Kier alpha value is -3.18. The number of ether oxygens (including phenoxy) is 1. The molecule has 0 unspecified atom stereocenters. The summed E-state index contributed by atoms with van der Waals surface area (Å²) in [4.78, 5) is 0. The quantitative estimate of drug-likeness (QED) is 0.854. The van der Waals surface area contributed by atoms with Crippen LogP contribution in [0, 0.1) is 39.8 Å². The van der Waals surface area contributed by atoms with Crippen molar-refractivity contribution in [1.29, 1.82) is 15.8 Å². The van der Waals surface area contributed by atoms with Crippen LogP contribution in [0.1, 0.15) is 0 Å². The molecule has 1 rings (SSSR count). The maximum Gasteiger partial charge on any atom is 0.387 e. The van der Waals surface area contributed by atoms with Crippen LogP contribution >= 0.6 is 0 Å². The molecule has 0 saturated heterocycles. The molecule has 0 aliphatic carbocycles. The molecule has 20 heavy (non-hydrogen) atoms. The number of allylic oxidation sites excluding steroid dienone is 2. The Morgan fingerprint density at radius 3 is 2.30 bits per heavy atom. The highest BCUT2D eigenvalue weighted by molar-refractivity contribution is 5.64. The first-order valence-electron chi connectivity index (χ1n) is 4.97. The van der Waals surface area contributed by atoms with Crippen LogP contribution in [-0.2, 0) is 0 Å². The highest BCUT2D eigenvalue weighted by Gasteiger charge is 2.14. The van der Waals surface area contributed by atoms with Crippen LogP contribution in [0.3, 0.4) is 0 Å². The molecule has 0 radical (unpaired) electrons. The Morgan fingerprint density at radius 1 is 1.15 bits per heavy atom. The topological polar surface area (TPSA) is 92.6 Å². The molecule has 1 N–H and O–H groups in total. The Balaban J connectivity index is 3.24. The van der Waals surface area contributed by atoms with Crippen LogP contribution in [0.4, 0.5) is 18.9 Å². The van der Waals surface area contributed by atoms with Gasteiger partial charge in [-0.1, -0.05) is 0 Å². The summed E-state index contributed by atoms with van der Waals surface area (Å²) in [6, 6.07) is 7.01. The van der Waals surface area contributed by atoms with Gasteiger partial charge in [0.05, 0.1) is 5.69 Å². The second-order valence-electron chi connectivity index (χ2n) is 3.23. The van der Waals surface area contributed by atoms with Gasteiger partial charge in [-0.3, -0.25) is 0 Å². The number of nitriles is 3. The predicted octanol–water partition coefficient (Wildman–Crippen LogP) is 2.66. The van der Waals surface area contributed by atoms with Gasteiger partial charge >= 0.3 is 6.61 Å². The van der Waals surface area contributed by atoms with Crippen molar-refractivity contribution in [2.45, 2.75) is 6.61 Å². The largest absolute Gasteiger partial charge is 0.433 e. The number of halogens is 3. The van der Waals surface area contributed by atoms with Gasteiger partial charge in [-0.2, -0.15) is 24.6 Å². The maximum atomic E-state index is 13.1. The Morgan fingerprint density at radius 2 is 1.80 bits per heavy atom. The molecule has 0 aliphatic heterocycles. The summed E-state index contributed by atoms with van der Waals surface area (Å²) in [5, 5.41) is 28.3. The standard InChI is InChI=1S/C12H5F3N4O/c13-8-1-2-11(20-12(14)15)9(3-8)19-10(6-18)7(4-16)5-17/h1-3,12,19H. The molecule has 5 nitrogen and oxygen atoms in total. The van der Waals surface area contributed by atoms with E-state index in [0.29, 0.717) is 0 Å². The second-order valence-corrected chi connectivity index (χ2v) is 3.23. The second kappa shape index (κ2) is 6.67. The molecule has 0 spiro atoms. The van der Waals surface area contributed by atoms with Gasteiger partial charge in [0, 0.05) is 6.07 Å². The van der Waals surface area contributed by atoms with Crippen molar-refractivity contribution in [1.82, 2.24) is 0 Å². The third kappa shape index (κ3) is 3.66. The molecule has 0 bridgehead atoms. The highest BCUT2D eigenvalue weighted by Crippen LogP contribution is 2.28. The molecular formula is C12H5F3N4O. The van der Waals surface area contributed by atoms with Gasteiger partial charge in [0.1, 0.15) is 35.5 Å². The number of benzene rings is 1. The van der Waals surface area contributed by atoms with E-state index in [0.717, 1.165) is 18.2 Å². The minimum atomic E-state index is -3.15. The number of nitrogens with one attached hydrogen (secondary N) is 1. The van der Waals surface area contributed by atoms with Gasteiger partial charge in [0.15, 0.2) is 5.57 Å². The third-order valence-corrected chi connectivity index (χ3v) is 2.00. The summed E-state index contributed by atoms with van der Waals surface area (Å²) in [5.41, 5.74) is -1.37. The fourth-order valence-electron chi connectivity index (χ4n) is 1.22. The van der Waals surface area contributed by atoms with E-state index >= 15 is 0 Å². The predicted molar refractivity (Wildman–Crippen MR) is 60.5 cm³/mol. The number of rotatable bonds is 4. The molecule has 0 aliphatic rings. The van der Waals surface area contributed by atoms with Gasteiger partial charge in [-0.05, 0) is 12.1 Å². The van der Waals surface area contributed by atoms with E-state index in [4.69, 9.17) is 15.8 Å². The van der Waals surface area contributed by atoms with Crippen LogP contribution < -0.4 is 10.1 Å². The molecule has 0 atom stereocenters. The molecule has 0 amide bonds. The van der Waals surface area contributed by atoms with E-state index in [1.165, 1.54) is 18.2 Å². The summed E-state index contributed by atoms with van der Waals surface area (Å²) in [6.45, 7) is -3.15. The van der Waals surface area contributed by atoms with E-state index in [1.807, 2.05) is 0 Å². The smallest absolute Gasteiger partial charge is 0.387 e. The number of nitrogens with zero attached hydrogens (tertiary/aromatic N) is 3. The molecular weight excluding hydrogens is 273 g/mol. The van der Waals surface area contributed by atoms with Crippen molar-refractivity contribution in [2.75, 3.05) is 5.32 Å². The normalized spacial score (nSPS) is 9.05. The zero-order valence-corrected chi connectivity index (χ0v) is 9.69. The highest BCUT2D eigenvalue weighted by atomic mass is 19.3. The SMILES string of the molecule is N#CC(C#N)=C(C#N)Nc1cc(F)ccc1OC(F)F. The first-order valence-corrected chi connectivity index (χ1v) is 4.97. The minimum absolute atomic E-state index is 0.301. The lowest BCUT2D eigenvalue weighted by Gasteiger charge is -2.12. The molecule has 0 heterocycles. The van der Waals surface area contributed by atoms with Crippen molar-refractivity contribution in [3.8, 4) is 24.0 Å². The summed E-state index contributed by atoms with van der Waals surface area (Å²) in [5.74, 6) is -1.20. The fraction of sp³-hybridized carbons (Fsp3) is 0.0833. The van der Waals surface area contributed by atoms with Crippen LogP contribution in [0.5, 0.6) is 5.75 Å². The molecule has 0 fully saturated rings. The van der Waals surface area contributed by atoms with Crippen LogP contribution in [0.25, 0.3) is 0 Å². The maximum absolute atomic E-state index is 13.1. The Kier molecular flexibility index (Phi) is 4.96. The first-order chi connectivity index (χ1) is 9.51. The van der Waals surface area contributed by atoms with Crippen LogP contribution in [0.2, 0.25) is 0 Å². The summed E-state index contributed by atoms with van der Waals surface area (Å²) < 4.78 is 41.6. The average Bonchev–Trinajstić information content (AvgIpc) is 2.41. The number of alkyl halides is 2.